The SMILES string of the molecule is COC(=O)C(c1ccccc1)N1C(=O)C(N2C(=O)c3ccccc3C2=O)C1C=NOCc1ccccc1. The van der Waals surface area contributed by atoms with E-state index in [-0.39, 0.29) is 17.7 Å². The van der Waals surface area contributed by atoms with E-state index in [1.807, 2.05) is 30.3 Å². The van der Waals surface area contributed by atoms with Crippen molar-refractivity contribution in [2.24, 2.45) is 5.16 Å². The van der Waals surface area contributed by atoms with Gasteiger partial charge >= 0.3 is 5.97 Å². The van der Waals surface area contributed by atoms with Gasteiger partial charge in [0.1, 0.15) is 18.7 Å². The zero-order valence-corrected chi connectivity index (χ0v) is 19.9. The fraction of sp³-hybridized carbons (Fsp3) is 0.179. The average Bonchev–Trinajstić information content (AvgIpc) is 3.19. The number of β-lactam (4-membered cyclic amide) rings is 1. The van der Waals surface area contributed by atoms with Crippen LogP contribution in [0.4, 0.5) is 0 Å². The van der Waals surface area contributed by atoms with Crippen molar-refractivity contribution in [1.82, 2.24) is 9.80 Å². The molecule has 3 aromatic carbocycles. The Morgan fingerprint density at radius 1 is 0.892 bits per heavy atom. The Labute approximate surface area is 212 Å². The highest BCUT2D eigenvalue weighted by molar-refractivity contribution is 6.24. The summed E-state index contributed by atoms with van der Waals surface area (Å²) in [6.45, 7) is 0.175. The van der Waals surface area contributed by atoms with Crippen molar-refractivity contribution in [2.45, 2.75) is 24.7 Å². The number of hydrogen-bond acceptors (Lipinski definition) is 7. The molecule has 2 aliphatic rings. The molecular weight excluding hydrogens is 474 g/mol. The van der Waals surface area contributed by atoms with Gasteiger partial charge < -0.3 is 14.5 Å². The highest BCUT2D eigenvalue weighted by atomic mass is 16.6. The van der Waals surface area contributed by atoms with Gasteiger partial charge in [-0.05, 0) is 23.3 Å². The molecule has 37 heavy (non-hydrogen) atoms. The summed E-state index contributed by atoms with van der Waals surface area (Å²) in [6.07, 6.45) is 1.34. The number of carbonyl (C=O) groups excluding carboxylic acids is 4. The number of esters is 1. The van der Waals surface area contributed by atoms with Gasteiger partial charge in [-0.1, -0.05) is 78.0 Å². The molecule has 0 aliphatic carbocycles. The van der Waals surface area contributed by atoms with Crippen molar-refractivity contribution in [1.29, 1.82) is 0 Å². The molecule has 5 rings (SSSR count). The van der Waals surface area contributed by atoms with Crippen molar-refractivity contribution in [3.8, 4) is 0 Å². The number of nitrogens with zero attached hydrogens (tertiary/aromatic N) is 3. The normalized spacial score (nSPS) is 19.5. The number of oxime groups is 1. The van der Waals surface area contributed by atoms with E-state index < -0.39 is 41.8 Å². The molecule has 1 saturated heterocycles. The zero-order chi connectivity index (χ0) is 25.9. The standard InChI is InChI=1S/C28H23N3O6/c1-36-28(35)23(19-12-6-3-7-13-19)30-22(16-29-37-17-18-10-4-2-5-11-18)24(27(30)34)31-25(32)20-14-8-9-15-21(20)26(31)33/h2-16,22-24H,17H2,1H3. The van der Waals surface area contributed by atoms with E-state index in [0.717, 1.165) is 10.5 Å². The first-order chi connectivity index (χ1) is 18.0. The molecule has 0 radical (unpaired) electrons. The molecule has 9 heteroatoms. The number of hydrogen-bond donors (Lipinski definition) is 0. The molecule has 3 atom stereocenters. The summed E-state index contributed by atoms with van der Waals surface area (Å²) in [5, 5.41) is 4.04. The number of fused-ring (bicyclic) bond motifs is 1. The van der Waals surface area contributed by atoms with Crippen molar-refractivity contribution in [2.75, 3.05) is 7.11 Å². The van der Waals surface area contributed by atoms with E-state index in [9.17, 15) is 19.2 Å². The largest absolute Gasteiger partial charge is 0.467 e. The van der Waals surface area contributed by atoms with Crippen LogP contribution in [-0.4, -0.2) is 58.9 Å². The molecular formula is C28H23N3O6. The van der Waals surface area contributed by atoms with Crippen molar-refractivity contribution in [3.63, 3.8) is 0 Å². The molecule has 2 aliphatic heterocycles. The van der Waals surface area contributed by atoms with Crippen LogP contribution in [0.1, 0.15) is 37.9 Å². The average molecular weight is 498 g/mol. The summed E-state index contributed by atoms with van der Waals surface area (Å²) in [5.41, 5.74) is 1.85. The van der Waals surface area contributed by atoms with E-state index in [1.165, 1.54) is 18.2 Å². The number of benzene rings is 3. The number of imide groups is 1. The lowest BCUT2D eigenvalue weighted by Gasteiger charge is -2.50. The molecule has 0 aromatic heterocycles. The van der Waals surface area contributed by atoms with Crippen LogP contribution in [-0.2, 0) is 25.8 Å². The molecule has 0 spiro atoms. The van der Waals surface area contributed by atoms with E-state index in [0.29, 0.717) is 5.56 Å². The van der Waals surface area contributed by atoms with E-state index in [1.54, 1.807) is 54.6 Å². The number of methoxy groups -OCH3 is 1. The van der Waals surface area contributed by atoms with Crippen LogP contribution >= 0.6 is 0 Å². The predicted molar refractivity (Wildman–Crippen MR) is 132 cm³/mol. The predicted octanol–water partition coefficient (Wildman–Crippen LogP) is 2.98. The molecule has 1 fully saturated rings. The van der Waals surface area contributed by atoms with Gasteiger partial charge in [-0.3, -0.25) is 19.3 Å². The van der Waals surface area contributed by atoms with Gasteiger partial charge in [-0.25, -0.2) is 4.79 Å². The van der Waals surface area contributed by atoms with Crippen molar-refractivity contribution >= 4 is 29.9 Å². The first-order valence-electron chi connectivity index (χ1n) is 11.6. The van der Waals surface area contributed by atoms with Crippen LogP contribution in [0.3, 0.4) is 0 Å². The maximum absolute atomic E-state index is 13.6. The molecule has 9 nitrogen and oxygen atoms in total. The third-order valence-electron chi connectivity index (χ3n) is 6.44. The Kier molecular flexibility index (Phi) is 6.51. The quantitative estimate of drug-likeness (QED) is 0.156. The third kappa shape index (κ3) is 4.24. The van der Waals surface area contributed by atoms with Crippen LogP contribution in [0.5, 0.6) is 0 Å². The Morgan fingerprint density at radius 2 is 1.46 bits per heavy atom. The number of carbonyl (C=O) groups is 4. The van der Waals surface area contributed by atoms with Gasteiger partial charge in [0, 0.05) is 0 Å². The number of amides is 3. The third-order valence-corrected chi connectivity index (χ3v) is 6.44. The van der Waals surface area contributed by atoms with Crippen LogP contribution in [0, 0.1) is 0 Å². The maximum atomic E-state index is 13.6. The lowest BCUT2D eigenvalue weighted by atomic mass is 9.89. The van der Waals surface area contributed by atoms with E-state index >= 15 is 0 Å². The van der Waals surface area contributed by atoms with Crippen LogP contribution < -0.4 is 0 Å². The first kappa shape index (κ1) is 23.9. The summed E-state index contributed by atoms with van der Waals surface area (Å²) in [7, 11) is 1.23. The van der Waals surface area contributed by atoms with Gasteiger partial charge in [-0.15, -0.1) is 0 Å². The van der Waals surface area contributed by atoms with Gasteiger partial charge in [0.25, 0.3) is 11.8 Å². The number of likely N-dealkylation sites (tertiary alicyclic amines) is 1. The van der Waals surface area contributed by atoms with Crippen molar-refractivity contribution in [3.05, 3.63) is 107 Å². The molecule has 186 valence electrons. The number of rotatable bonds is 8. The van der Waals surface area contributed by atoms with Crippen LogP contribution in [0.15, 0.2) is 90.1 Å². The molecule has 0 N–H and O–H groups in total. The Hall–Kier alpha value is -4.79. The van der Waals surface area contributed by atoms with E-state index in [2.05, 4.69) is 5.16 Å². The minimum Gasteiger partial charge on any atom is -0.467 e. The summed E-state index contributed by atoms with van der Waals surface area (Å²) in [4.78, 5) is 60.4. The van der Waals surface area contributed by atoms with E-state index in [4.69, 9.17) is 9.57 Å². The van der Waals surface area contributed by atoms with Crippen LogP contribution in [0.2, 0.25) is 0 Å². The second kappa shape index (κ2) is 10.1. The fourth-order valence-corrected chi connectivity index (χ4v) is 4.64. The first-order valence-corrected chi connectivity index (χ1v) is 11.6. The van der Waals surface area contributed by atoms with Crippen molar-refractivity contribution < 1.29 is 28.8 Å². The minimum atomic E-state index is -1.19. The zero-order valence-electron chi connectivity index (χ0n) is 19.9. The van der Waals surface area contributed by atoms with Gasteiger partial charge in [0.05, 0.1) is 24.5 Å². The van der Waals surface area contributed by atoms with Gasteiger partial charge in [0.15, 0.2) is 6.04 Å². The number of ether oxygens (including phenoxy) is 1. The van der Waals surface area contributed by atoms with Crippen LogP contribution in [0.25, 0.3) is 0 Å². The molecule has 0 bridgehead atoms. The minimum absolute atomic E-state index is 0.175. The molecule has 3 aromatic rings. The molecule has 3 amide bonds. The van der Waals surface area contributed by atoms with Gasteiger partial charge in [-0.2, -0.15) is 0 Å². The lowest BCUT2D eigenvalue weighted by molar-refractivity contribution is -0.166. The monoisotopic (exact) mass is 497 g/mol. The topological polar surface area (TPSA) is 106 Å². The fourth-order valence-electron chi connectivity index (χ4n) is 4.64. The summed E-state index contributed by atoms with van der Waals surface area (Å²) in [6, 6.07) is 21.2. The summed E-state index contributed by atoms with van der Waals surface area (Å²) in [5.74, 6) is -2.38. The Bertz CT molecular complexity index is 1340. The highest BCUT2D eigenvalue weighted by Gasteiger charge is 2.59. The maximum Gasteiger partial charge on any atom is 0.333 e. The molecule has 2 heterocycles. The second-order valence-corrected chi connectivity index (χ2v) is 8.56. The second-order valence-electron chi connectivity index (χ2n) is 8.56. The Morgan fingerprint density at radius 3 is 2.05 bits per heavy atom. The van der Waals surface area contributed by atoms with Gasteiger partial charge in [0.2, 0.25) is 5.91 Å². The summed E-state index contributed by atoms with van der Waals surface area (Å²) < 4.78 is 5.00. The molecule has 3 unspecified atom stereocenters. The Balaban J connectivity index is 1.47. The summed E-state index contributed by atoms with van der Waals surface area (Å²) >= 11 is 0. The highest BCUT2D eigenvalue weighted by Crippen LogP contribution is 2.38. The smallest absolute Gasteiger partial charge is 0.333 e. The lowest BCUT2D eigenvalue weighted by Crippen LogP contribution is -2.73. The molecule has 0 saturated carbocycles.